The Bertz CT molecular complexity index is 1170. The summed E-state index contributed by atoms with van der Waals surface area (Å²) in [5.41, 5.74) is 0.989. The molecule has 0 aliphatic rings. The number of halogens is 2. The van der Waals surface area contributed by atoms with Crippen molar-refractivity contribution in [2.45, 2.75) is 18.2 Å². The van der Waals surface area contributed by atoms with Gasteiger partial charge in [-0.25, -0.2) is 13.4 Å². The number of carbonyl (C=O) groups excluding carboxylic acids is 1. The molecule has 6 nitrogen and oxygen atoms in total. The number of amides is 1. The van der Waals surface area contributed by atoms with Gasteiger partial charge < -0.3 is 4.90 Å². The molecule has 0 saturated heterocycles. The van der Waals surface area contributed by atoms with Crippen LogP contribution >= 0.6 is 39.7 Å². The number of benzene rings is 2. The molecule has 0 atom stereocenters. The van der Waals surface area contributed by atoms with E-state index in [1.165, 1.54) is 17.4 Å². The third kappa shape index (κ3) is 6.04. The Labute approximate surface area is 201 Å². The summed E-state index contributed by atoms with van der Waals surface area (Å²) in [5.74, 6) is -0.410. The van der Waals surface area contributed by atoms with E-state index >= 15 is 0 Å². The quantitative estimate of drug-likeness (QED) is 0.403. The maximum Gasteiger partial charge on any atom is 0.261 e. The smallest absolute Gasteiger partial charge is 0.261 e. The average molecular weight is 547 g/mol. The van der Waals surface area contributed by atoms with Crippen LogP contribution in [0, 0.1) is 0 Å². The highest BCUT2D eigenvalue weighted by molar-refractivity contribution is 9.10. The molecule has 0 bridgehead atoms. The van der Waals surface area contributed by atoms with Gasteiger partial charge in [-0.1, -0.05) is 46.3 Å². The third-order valence-electron chi connectivity index (χ3n) is 4.63. The number of thiazole rings is 1. The van der Waals surface area contributed by atoms with Crippen LogP contribution in [-0.2, 0) is 9.84 Å². The number of carbonyl (C=O) groups is 1. The van der Waals surface area contributed by atoms with Gasteiger partial charge in [0.2, 0.25) is 0 Å². The number of hydrogen-bond donors (Lipinski definition) is 0. The Morgan fingerprint density at radius 3 is 2.52 bits per heavy atom. The van der Waals surface area contributed by atoms with E-state index in [1.807, 2.05) is 37.2 Å². The largest absolute Gasteiger partial charge is 0.309 e. The van der Waals surface area contributed by atoms with Crippen molar-refractivity contribution in [3.63, 3.8) is 0 Å². The Balaban J connectivity index is 0.00000341. The third-order valence-corrected chi connectivity index (χ3v) is 7.96. The molecule has 1 heterocycles. The zero-order chi connectivity index (χ0) is 21.9. The molecule has 0 aliphatic carbocycles. The molecule has 0 aliphatic heterocycles. The number of nitrogens with zero attached hydrogens (tertiary/aromatic N) is 3. The fourth-order valence-electron chi connectivity index (χ4n) is 3.05. The van der Waals surface area contributed by atoms with Crippen molar-refractivity contribution in [3.05, 3.63) is 52.5 Å². The molecule has 3 rings (SSSR count). The van der Waals surface area contributed by atoms with Crippen LogP contribution in [0.3, 0.4) is 0 Å². The molecule has 0 N–H and O–H groups in total. The van der Waals surface area contributed by atoms with Gasteiger partial charge in [0.05, 0.1) is 26.4 Å². The fraction of sp³-hybridized carbons (Fsp3) is 0.333. The van der Waals surface area contributed by atoms with Crippen LogP contribution in [0.4, 0.5) is 5.13 Å². The molecule has 1 aromatic heterocycles. The Morgan fingerprint density at radius 2 is 1.84 bits per heavy atom. The standard InChI is InChI=1S/C21H24BrN3O3S2.ClH/c1-4-30(27,28)19-9-6-5-8-16(19)20(26)25(13-7-12-24(2)3)21-23-17-11-10-15(22)14-18(17)29-21;/h5-6,8-11,14H,4,7,12-13H2,1-3H3;1H. The van der Waals surface area contributed by atoms with Crippen molar-refractivity contribution in [1.82, 2.24) is 9.88 Å². The number of hydrogen-bond acceptors (Lipinski definition) is 6. The van der Waals surface area contributed by atoms with Gasteiger partial charge in [-0.2, -0.15) is 0 Å². The SMILES string of the molecule is CCS(=O)(=O)c1ccccc1C(=O)N(CCCN(C)C)c1nc2ccc(Br)cc2s1.Cl. The lowest BCUT2D eigenvalue weighted by molar-refractivity contribution is 0.0983. The predicted octanol–water partition coefficient (Wildman–Crippen LogP) is 4.87. The molecule has 0 fully saturated rings. The van der Waals surface area contributed by atoms with Crippen molar-refractivity contribution >= 4 is 70.8 Å². The summed E-state index contributed by atoms with van der Waals surface area (Å²) in [5, 5.41) is 0.565. The summed E-state index contributed by atoms with van der Waals surface area (Å²) >= 11 is 4.89. The lowest BCUT2D eigenvalue weighted by Gasteiger charge is -2.22. The van der Waals surface area contributed by atoms with E-state index in [2.05, 4.69) is 20.9 Å². The number of sulfone groups is 1. The summed E-state index contributed by atoms with van der Waals surface area (Å²) in [4.78, 5) is 21.9. The summed E-state index contributed by atoms with van der Waals surface area (Å²) < 4.78 is 27.0. The molecule has 0 spiro atoms. The topological polar surface area (TPSA) is 70.6 Å². The average Bonchev–Trinajstić information content (AvgIpc) is 3.13. The normalized spacial score (nSPS) is 11.5. The molecule has 2 aromatic carbocycles. The van der Waals surface area contributed by atoms with Gasteiger partial charge in [-0.05, 0) is 57.4 Å². The molecule has 168 valence electrons. The minimum Gasteiger partial charge on any atom is -0.309 e. The number of aromatic nitrogens is 1. The first-order chi connectivity index (χ1) is 14.2. The van der Waals surface area contributed by atoms with Crippen LogP contribution in [0.25, 0.3) is 10.2 Å². The van der Waals surface area contributed by atoms with Crippen LogP contribution in [0.1, 0.15) is 23.7 Å². The maximum absolute atomic E-state index is 13.6. The summed E-state index contributed by atoms with van der Waals surface area (Å²) in [7, 11) is 0.421. The van der Waals surface area contributed by atoms with Crippen molar-refractivity contribution in [3.8, 4) is 0 Å². The lowest BCUT2D eigenvalue weighted by atomic mass is 10.2. The van der Waals surface area contributed by atoms with Gasteiger partial charge in [0.25, 0.3) is 5.91 Å². The molecule has 31 heavy (non-hydrogen) atoms. The number of fused-ring (bicyclic) bond motifs is 1. The zero-order valence-corrected chi connectivity index (χ0v) is 21.6. The molecule has 0 saturated carbocycles. The molecule has 0 unspecified atom stereocenters. The van der Waals surface area contributed by atoms with Crippen molar-refractivity contribution in [2.24, 2.45) is 0 Å². The Kier molecular flexibility index (Phi) is 9.03. The highest BCUT2D eigenvalue weighted by Gasteiger charge is 2.27. The van der Waals surface area contributed by atoms with E-state index in [-0.39, 0.29) is 34.5 Å². The maximum atomic E-state index is 13.6. The lowest BCUT2D eigenvalue weighted by Crippen LogP contribution is -2.34. The van der Waals surface area contributed by atoms with Crippen LogP contribution in [-0.4, -0.2) is 57.1 Å². The molecule has 10 heteroatoms. The number of anilines is 1. The van der Waals surface area contributed by atoms with Crippen LogP contribution in [0.5, 0.6) is 0 Å². The highest BCUT2D eigenvalue weighted by Crippen LogP contribution is 2.32. The molecule has 3 aromatic rings. The first kappa shape index (κ1) is 25.7. The summed E-state index contributed by atoms with van der Waals surface area (Å²) in [6.45, 7) is 2.82. The molecular weight excluding hydrogens is 522 g/mol. The predicted molar refractivity (Wildman–Crippen MR) is 134 cm³/mol. The second kappa shape index (κ2) is 10.9. The van der Waals surface area contributed by atoms with E-state index in [0.717, 1.165) is 27.7 Å². The van der Waals surface area contributed by atoms with Crippen molar-refractivity contribution in [2.75, 3.05) is 37.8 Å². The highest BCUT2D eigenvalue weighted by atomic mass is 79.9. The second-order valence-electron chi connectivity index (χ2n) is 7.12. The van der Waals surface area contributed by atoms with Gasteiger partial charge in [0.1, 0.15) is 0 Å². The second-order valence-corrected chi connectivity index (χ2v) is 11.3. The zero-order valence-electron chi connectivity index (χ0n) is 17.5. The molecular formula is C21H25BrClN3O3S2. The summed E-state index contributed by atoms with van der Waals surface area (Å²) in [6.07, 6.45) is 0.737. The summed E-state index contributed by atoms with van der Waals surface area (Å²) in [6, 6.07) is 12.2. The molecule has 1 amide bonds. The van der Waals surface area contributed by atoms with Gasteiger partial charge in [0.15, 0.2) is 15.0 Å². The van der Waals surface area contributed by atoms with E-state index in [0.29, 0.717) is 11.7 Å². The van der Waals surface area contributed by atoms with Crippen LogP contribution in [0.15, 0.2) is 51.8 Å². The first-order valence-corrected chi connectivity index (χ1v) is 12.8. The van der Waals surface area contributed by atoms with Crippen molar-refractivity contribution < 1.29 is 13.2 Å². The Hall–Kier alpha value is -1.52. The minimum atomic E-state index is -3.53. The van der Waals surface area contributed by atoms with Crippen LogP contribution < -0.4 is 4.90 Å². The fourth-order valence-corrected chi connectivity index (χ4v) is 5.68. The van der Waals surface area contributed by atoms with Gasteiger partial charge >= 0.3 is 0 Å². The van der Waals surface area contributed by atoms with Gasteiger partial charge in [0, 0.05) is 11.0 Å². The number of rotatable bonds is 8. The van der Waals surface area contributed by atoms with Crippen LogP contribution in [0.2, 0.25) is 0 Å². The van der Waals surface area contributed by atoms with Gasteiger partial charge in [-0.15, -0.1) is 12.4 Å². The van der Waals surface area contributed by atoms with Crippen molar-refractivity contribution in [1.29, 1.82) is 0 Å². The van der Waals surface area contributed by atoms with Gasteiger partial charge in [-0.3, -0.25) is 9.69 Å². The van der Waals surface area contributed by atoms with E-state index in [4.69, 9.17) is 0 Å². The van der Waals surface area contributed by atoms with E-state index in [9.17, 15) is 13.2 Å². The van der Waals surface area contributed by atoms with E-state index < -0.39 is 9.84 Å². The molecule has 0 radical (unpaired) electrons. The first-order valence-electron chi connectivity index (χ1n) is 9.57. The Morgan fingerprint density at radius 1 is 1.13 bits per heavy atom. The minimum absolute atomic E-state index is 0. The van der Waals surface area contributed by atoms with E-state index in [1.54, 1.807) is 30.0 Å². The monoisotopic (exact) mass is 545 g/mol.